The maximum absolute atomic E-state index is 13.6. The minimum absolute atomic E-state index is 0.0563. The van der Waals surface area contributed by atoms with Crippen molar-refractivity contribution in [2.45, 2.75) is 18.9 Å². The van der Waals surface area contributed by atoms with Crippen molar-refractivity contribution in [3.8, 4) is 0 Å². The van der Waals surface area contributed by atoms with E-state index < -0.39 is 15.8 Å². The third-order valence-corrected chi connectivity index (χ3v) is 6.03. The first-order valence-electron chi connectivity index (χ1n) is 8.01. The molecular formula is C15H17Cl2FN6O2S. The fraction of sp³-hybridized carbons (Fsp3) is 0.400. The van der Waals surface area contributed by atoms with Crippen molar-refractivity contribution in [2.75, 3.05) is 30.0 Å². The maximum atomic E-state index is 13.6. The van der Waals surface area contributed by atoms with E-state index >= 15 is 0 Å². The molecule has 0 aliphatic carbocycles. The van der Waals surface area contributed by atoms with Gasteiger partial charge in [0.05, 0.1) is 11.3 Å². The largest absolute Gasteiger partial charge is 0.368 e. The molecule has 12 heteroatoms. The van der Waals surface area contributed by atoms with Crippen molar-refractivity contribution in [1.82, 2.24) is 19.3 Å². The number of anilines is 3. The van der Waals surface area contributed by atoms with Gasteiger partial charge >= 0.3 is 0 Å². The van der Waals surface area contributed by atoms with Crippen molar-refractivity contribution in [3.63, 3.8) is 0 Å². The molecule has 2 aromatic rings. The van der Waals surface area contributed by atoms with Gasteiger partial charge in [-0.15, -0.1) is 0 Å². The third-order valence-electron chi connectivity index (χ3n) is 4.27. The summed E-state index contributed by atoms with van der Waals surface area (Å²) in [6.45, 7) is 0.673. The van der Waals surface area contributed by atoms with Gasteiger partial charge in [0, 0.05) is 24.8 Å². The van der Waals surface area contributed by atoms with Gasteiger partial charge in [0.15, 0.2) is 0 Å². The highest BCUT2D eigenvalue weighted by molar-refractivity contribution is 7.88. The van der Waals surface area contributed by atoms with E-state index in [1.165, 1.54) is 28.8 Å². The number of hydrogen-bond donors (Lipinski definition) is 1. The molecule has 0 spiro atoms. The molecule has 0 radical (unpaired) electrons. The summed E-state index contributed by atoms with van der Waals surface area (Å²) >= 11 is 11.9. The number of aromatic nitrogens is 3. The lowest BCUT2D eigenvalue weighted by atomic mass is 10.0. The molecule has 0 saturated carbocycles. The number of sulfonamides is 1. The maximum Gasteiger partial charge on any atom is 0.236 e. The van der Waals surface area contributed by atoms with Crippen LogP contribution in [0.3, 0.4) is 0 Å². The highest BCUT2D eigenvalue weighted by Crippen LogP contribution is 2.33. The first kappa shape index (κ1) is 20.0. The zero-order chi connectivity index (χ0) is 19.8. The molecule has 0 amide bonds. The average Bonchev–Trinajstić information content (AvgIpc) is 2.57. The molecule has 0 bridgehead atoms. The molecule has 2 heterocycles. The quantitative estimate of drug-likeness (QED) is 0.787. The van der Waals surface area contributed by atoms with Crippen LogP contribution < -0.4 is 10.6 Å². The SMILES string of the molecule is CS(=O)(=O)N1CCC(N(c2ccc(F)c(Cl)c2)c2nc(N)nc(Cl)n2)CC1. The summed E-state index contributed by atoms with van der Waals surface area (Å²) in [6.07, 6.45) is 2.19. The minimum Gasteiger partial charge on any atom is -0.368 e. The number of hydrogen-bond acceptors (Lipinski definition) is 7. The van der Waals surface area contributed by atoms with Gasteiger partial charge < -0.3 is 10.6 Å². The van der Waals surface area contributed by atoms with Gasteiger partial charge in [-0.25, -0.2) is 17.1 Å². The standard InChI is InChI=1S/C15H17Cl2FN6O2S/c1-27(25,26)23-6-4-9(5-7-23)24(10-2-3-12(18)11(16)8-10)15-21-13(17)20-14(19)22-15/h2-3,8-9H,4-7H2,1H3,(H2,19,20,21,22). The van der Waals surface area contributed by atoms with Gasteiger partial charge in [-0.3, -0.25) is 0 Å². The van der Waals surface area contributed by atoms with Crippen LogP contribution in [0.2, 0.25) is 10.3 Å². The molecule has 27 heavy (non-hydrogen) atoms. The van der Waals surface area contributed by atoms with Crippen molar-refractivity contribution in [2.24, 2.45) is 0 Å². The molecule has 1 saturated heterocycles. The number of benzene rings is 1. The molecule has 146 valence electrons. The Labute approximate surface area is 166 Å². The molecule has 1 aromatic heterocycles. The van der Waals surface area contributed by atoms with E-state index in [2.05, 4.69) is 15.0 Å². The van der Waals surface area contributed by atoms with Gasteiger partial charge in [-0.05, 0) is 42.6 Å². The Kier molecular flexibility index (Phi) is 5.71. The number of halogens is 3. The number of nitrogens with zero attached hydrogens (tertiary/aromatic N) is 5. The Morgan fingerprint density at radius 1 is 1.22 bits per heavy atom. The monoisotopic (exact) mass is 434 g/mol. The molecule has 8 nitrogen and oxygen atoms in total. The molecular weight excluding hydrogens is 418 g/mol. The highest BCUT2D eigenvalue weighted by Gasteiger charge is 2.31. The van der Waals surface area contributed by atoms with Crippen molar-refractivity contribution in [1.29, 1.82) is 0 Å². The summed E-state index contributed by atoms with van der Waals surface area (Å²) in [7, 11) is -3.27. The smallest absolute Gasteiger partial charge is 0.236 e. The van der Waals surface area contributed by atoms with Crippen LogP contribution in [0.25, 0.3) is 0 Å². The van der Waals surface area contributed by atoms with Crippen molar-refractivity contribution >= 4 is 50.8 Å². The van der Waals surface area contributed by atoms with Crippen molar-refractivity contribution < 1.29 is 12.8 Å². The number of nitrogen functional groups attached to an aromatic ring is 1. The van der Waals surface area contributed by atoms with Crippen molar-refractivity contribution in [3.05, 3.63) is 34.3 Å². The van der Waals surface area contributed by atoms with Gasteiger partial charge in [0.2, 0.25) is 27.2 Å². The van der Waals surface area contributed by atoms with Crippen LogP contribution >= 0.6 is 23.2 Å². The van der Waals surface area contributed by atoms with Crippen LogP contribution in [0.15, 0.2) is 18.2 Å². The summed E-state index contributed by atoms with van der Waals surface area (Å²) < 4.78 is 38.5. The molecule has 1 aromatic carbocycles. The lowest BCUT2D eigenvalue weighted by Crippen LogP contribution is -2.45. The van der Waals surface area contributed by atoms with Gasteiger partial charge in [-0.2, -0.15) is 15.0 Å². The molecule has 1 aliphatic rings. The predicted molar refractivity (Wildman–Crippen MR) is 102 cm³/mol. The zero-order valence-electron chi connectivity index (χ0n) is 14.3. The first-order chi connectivity index (χ1) is 12.6. The van der Waals surface area contributed by atoms with Crippen LogP contribution in [0.5, 0.6) is 0 Å². The zero-order valence-corrected chi connectivity index (χ0v) is 16.6. The third kappa shape index (κ3) is 4.57. The molecule has 0 unspecified atom stereocenters. The fourth-order valence-corrected chi connectivity index (χ4v) is 4.23. The normalized spacial score (nSPS) is 16.4. The lowest BCUT2D eigenvalue weighted by molar-refractivity contribution is 0.319. The summed E-state index contributed by atoms with van der Waals surface area (Å²) in [5.41, 5.74) is 6.23. The Morgan fingerprint density at radius 3 is 2.44 bits per heavy atom. The lowest BCUT2D eigenvalue weighted by Gasteiger charge is -2.37. The van der Waals surface area contributed by atoms with Crippen LogP contribution in [-0.2, 0) is 10.0 Å². The molecule has 1 fully saturated rings. The predicted octanol–water partition coefficient (Wildman–Crippen LogP) is 2.46. The number of rotatable bonds is 4. The average molecular weight is 435 g/mol. The van der Waals surface area contributed by atoms with Gasteiger partial charge in [-0.1, -0.05) is 11.6 Å². The highest BCUT2D eigenvalue weighted by atomic mass is 35.5. The van der Waals surface area contributed by atoms with E-state index in [1.54, 1.807) is 4.90 Å². The van der Waals surface area contributed by atoms with E-state index in [-0.39, 0.29) is 28.2 Å². The van der Waals surface area contributed by atoms with Crippen LogP contribution in [0, 0.1) is 5.82 Å². The second-order valence-corrected chi connectivity index (χ2v) is 8.85. The number of nitrogens with two attached hydrogens (primary N) is 1. The molecule has 0 atom stereocenters. The Hall–Kier alpha value is -1.75. The second kappa shape index (κ2) is 7.70. The van der Waals surface area contributed by atoms with E-state index in [1.807, 2.05) is 0 Å². The summed E-state index contributed by atoms with van der Waals surface area (Å²) in [4.78, 5) is 13.7. The Morgan fingerprint density at radius 2 is 1.89 bits per heavy atom. The molecule has 3 rings (SSSR count). The molecule has 2 N–H and O–H groups in total. The van der Waals surface area contributed by atoms with E-state index in [0.29, 0.717) is 31.6 Å². The minimum atomic E-state index is -3.27. The van der Waals surface area contributed by atoms with E-state index in [0.717, 1.165) is 0 Å². The van der Waals surface area contributed by atoms with E-state index in [9.17, 15) is 12.8 Å². The van der Waals surface area contributed by atoms with E-state index in [4.69, 9.17) is 28.9 Å². The first-order valence-corrected chi connectivity index (χ1v) is 10.6. The Balaban J connectivity index is 1.99. The van der Waals surface area contributed by atoms with Gasteiger partial charge in [0.1, 0.15) is 5.82 Å². The second-order valence-electron chi connectivity index (χ2n) is 6.12. The fourth-order valence-electron chi connectivity index (χ4n) is 3.02. The number of piperidine rings is 1. The van der Waals surface area contributed by atoms with Crippen LogP contribution in [0.1, 0.15) is 12.8 Å². The topological polar surface area (TPSA) is 105 Å². The summed E-state index contributed by atoms with van der Waals surface area (Å²) in [5, 5.41) is -0.136. The van der Waals surface area contributed by atoms with Gasteiger partial charge in [0.25, 0.3) is 0 Å². The molecule has 1 aliphatic heterocycles. The summed E-state index contributed by atoms with van der Waals surface area (Å²) in [5.74, 6) is -0.426. The summed E-state index contributed by atoms with van der Waals surface area (Å²) in [6, 6.07) is 4.07. The Bertz CT molecular complexity index is 933. The van der Waals surface area contributed by atoms with Crippen LogP contribution in [-0.4, -0.2) is 53.1 Å². The van der Waals surface area contributed by atoms with Crippen LogP contribution in [0.4, 0.5) is 22.0 Å².